The molecule has 0 saturated carbocycles. The molecule has 4 N–H and O–H groups in total. The zero-order chi connectivity index (χ0) is 21.5. The van der Waals surface area contributed by atoms with Crippen molar-refractivity contribution < 1.29 is 9.90 Å². The van der Waals surface area contributed by atoms with E-state index in [0.29, 0.717) is 12.1 Å². The van der Waals surface area contributed by atoms with Crippen molar-refractivity contribution in [3.63, 3.8) is 0 Å². The molecule has 0 aliphatic rings. The third kappa shape index (κ3) is 6.55. The number of nitrogens with one attached hydrogen (secondary N) is 1. The van der Waals surface area contributed by atoms with Crippen LogP contribution < -0.4 is 11.1 Å². The van der Waals surface area contributed by atoms with Crippen molar-refractivity contribution in [2.45, 2.75) is 39.2 Å². The van der Waals surface area contributed by atoms with E-state index in [1.165, 1.54) is 15.8 Å². The molecule has 1 atom stereocenters. The molecule has 0 radical (unpaired) electrons. The van der Waals surface area contributed by atoms with E-state index in [-0.39, 0.29) is 16.7 Å². The molecule has 0 bridgehead atoms. The van der Waals surface area contributed by atoms with Gasteiger partial charge < -0.3 is 16.2 Å². The van der Waals surface area contributed by atoms with E-state index in [2.05, 4.69) is 40.4 Å². The highest BCUT2D eigenvalue weighted by molar-refractivity contribution is 8.26. The Kier molecular flexibility index (Phi) is 7.84. The van der Waals surface area contributed by atoms with Crippen LogP contribution in [0, 0.1) is 6.92 Å². The standard InChI is InChI=1S/C22H26N4O2S2/c1-14-4-3-5-18-20(14)26-22(29-18)24-13-12-16-7-9-17(10-8-16)25-21(23)30-19(28)11-6-15(2)27/h3-5,7-10,15,27H,6,11-13H2,1-2H3,(H2,23,25)(H,24,26). The molecule has 3 rings (SSSR count). The maximum Gasteiger partial charge on any atom is 0.196 e. The number of amidine groups is 1. The minimum absolute atomic E-state index is 0.0927. The minimum atomic E-state index is -0.492. The Balaban J connectivity index is 1.49. The number of nitrogens with zero attached hydrogens (tertiary/aromatic N) is 2. The summed E-state index contributed by atoms with van der Waals surface area (Å²) < 4.78 is 1.19. The minimum Gasteiger partial charge on any atom is -0.393 e. The van der Waals surface area contributed by atoms with Gasteiger partial charge in [0.2, 0.25) is 0 Å². The summed E-state index contributed by atoms with van der Waals surface area (Å²) in [5.41, 5.74) is 9.99. The first-order valence-electron chi connectivity index (χ1n) is 9.82. The van der Waals surface area contributed by atoms with Crippen molar-refractivity contribution in [1.82, 2.24) is 4.98 Å². The Morgan fingerprint density at radius 2 is 2.07 bits per heavy atom. The number of aryl methyl sites for hydroxylation is 1. The van der Waals surface area contributed by atoms with E-state index < -0.39 is 6.10 Å². The number of para-hydroxylation sites is 1. The number of hydrogen-bond donors (Lipinski definition) is 3. The summed E-state index contributed by atoms with van der Waals surface area (Å²) in [4.78, 5) is 20.7. The number of anilines is 1. The number of aliphatic hydroxyl groups is 1. The fraction of sp³-hybridized carbons (Fsp3) is 0.318. The molecule has 0 spiro atoms. The highest BCUT2D eigenvalue weighted by Crippen LogP contribution is 2.27. The lowest BCUT2D eigenvalue weighted by Gasteiger charge is -2.05. The van der Waals surface area contributed by atoms with Gasteiger partial charge in [-0.2, -0.15) is 0 Å². The number of rotatable bonds is 8. The molecule has 1 unspecified atom stereocenters. The first-order valence-corrected chi connectivity index (χ1v) is 11.5. The lowest BCUT2D eigenvalue weighted by Crippen LogP contribution is -2.11. The summed E-state index contributed by atoms with van der Waals surface area (Å²) in [5, 5.41) is 13.7. The maximum atomic E-state index is 11.8. The molecule has 1 heterocycles. The van der Waals surface area contributed by atoms with E-state index in [9.17, 15) is 9.90 Å². The molecular formula is C22H26N4O2S2. The van der Waals surface area contributed by atoms with Crippen molar-refractivity contribution in [2.24, 2.45) is 10.7 Å². The lowest BCUT2D eigenvalue weighted by atomic mass is 10.1. The Morgan fingerprint density at radius 3 is 2.77 bits per heavy atom. The van der Waals surface area contributed by atoms with E-state index in [1.807, 2.05) is 24.3 Å². The average molecular weight is 443 g/mol. The molecule has 0 fully saturated rings. The molecule has 0 aliphatic carbocycles. The van der Waals surface area contributed by atoms with Crippen LogP contribution in [-0.4, -0.2) is 33.0 Å². The number of thioether (sulfide) groups is 1. The number of fused-ring (bicyclic) bond motifs is 1. The zero-order valence-corrected chi connectivity index (χ0v) is 18.7. The third-order valence-corrected chi connectivity index (χ3v) is 6.18. The molecule has 30 heavy (non-hydrogen) atoms. The largest absolute Gasteiger partial charge is 0.393 e. The molecule has 2 aromatic carbocycles. The molecule has 0 amide bonds. The fourth-order valence-electron chi connectivity index (χ4n) is 2.86. The highest BCUT2D eigenvalue weighted by atomic mass is 32.2. The average Bonchev–Trinajstić information content (AvgIpc) is 3.12. The summed E-state index contributed by atoms with van der Waals surface area (Å²) in [6.07, 6.45) is 1.08. The number of thiazole rings is 1. The second kappa shape index (κ2) is 10.6. The highest BCUT2D eigenvalue weighted by Gasteiger charge is 2.08. The molecule has 0 saturated heterocycles. The Hall–Kier alpha value is -2.42. The summed E-state index contributed by atoms with van der Waals surface area (Å²) in [6.45, 7) is 4.52. The summed E-state index contributed by atoms with van der Waals surface area (Å²) in [7, 11) is 0. The van der Waals surface area contributed by atoms with Gasteiger partial charge in [0.1, 0.15) is 0 Å². The van der Waals surface area contributed by atoms with Gasteiger partial charge in [0.15, 0.2) is 15.4 Å². The van der Waals surface area contributed by atoms with Gasteiger partial charge >= 0.3 is 0 Å². The number of benzene rings is 2. The van der Waals surface area contributed by atoms with Crippen molar-refractivity contribution in [3.05, 3.63) is 53.6 Å². The van der Waals surface area contributed by atoms with Gasteiger partial charge in [0, 0.05) is 13.0 Å². The van der Waals surface area contributed by atoms with Gasteiger partial charge in [-0.1, -0.05) is 35.6 Å². The third-order valence-electron chi connectivity index (χ3n) is 4.47. The van der Waals surface area contributed by atoms with Crippen LogP contribution in [0.15, 0.2) is 47.5 Å². The number of aliphatic imine (C=N–C) groups is 1. The number of hydrogen-bond acceptors (Lipinski definition) is 7. The van der Waals surface area contributed by atoms with Crippen LogP contribution in [0.1, 0.15) is 30.9 Å². The summed E-state index contributed by atoms with van der Waals surface area (Å²) in [5.74, 6) is 0. The van der Waals surface area contributed by atoms with Gasteiger partial charge in [-0.15, -0.1) is 0 Å². The number of carbonyl (C=O) groups is 1. The van der Waals surface area contributed by atoms with Crippen molar-refractivity contribution in [2.75, 3.05) is 11.9 Å². The first-order chi connectivity index (χ1) is 14.4. The van der Waals surface area contributed by atoms with E-state index in [1.54, 1.807) is 18.3 Å². The molecule has 8 heteroatoms. The van der Waals surface area contributed by atoms with Crippen LogP contribution in [-0.2, 0) is 11.2 Å². The van der Waals surface area contributed by atoms with E-state index in [4.69, 9.17) is 5.73 Å². The monoisotopic (exact) mass is 442 g/mol. The number of carbonyl (C=O) groups excluding carboxylic acids is 1. The summed E-state index contributed by atoms with van der Waals surface area (Å²) in [6, 6.07) is 14.0. The van der Waals surface area contributed by atoms with Gasteiger partial charge in [0.05, 0.1) is 22.0 Å². The smallest absolute Gasteiger partial charge is 0.196 e. The Morgan fingerprint density at radius 1 is 1.30 bits per heavy atom. The Labute approximate surface area is 184 Å². The first kappa shape index (κ1) is 22.3. The number of aromatic nitrogens is 1. The maximum absolute atomic E-state index is 11.8. The van der Waals surface area contributed by atoms with E-state index >= 15 is 0 Å². The zero-order valence-electron chi connectivity index (χ0n) is 17.1. The molecule has 0 aliphatic heterocycles. The number of aliphatic hydroxyl groups excluding tert-OH is 1. The second-order valence-electron chi connectivity index (χ2n) is 7.10. The summed E-state index contributed by atoms with van der Waals surface area (Å²) >= 11 is 2.58. The molecule has 6 nitrogen and oxygen atoms in total. The molecule has 3 aromatic rings. The van der Waals surface area contributed by atoms with Gasteiger partial charge in [-0.3, -0.25) is 4.79 Å². The van der Waals surface area contributed by atoms with Crippen LogP contribution in [0.25, 0.3) is 10.2 Å². The lowest BCUT2D eigenvalue weighted by molar-refractivity contribution is -0.111. The fourth-order valence-corrected chi connectivity index (χ4v) is 4.43. The molecular weight excluding hydrogens is 416 g/mol. The van der Waals surface area contributed by atoms with Gasteiger partial charge in [-0.25, -0.2) is 9.98 Å². The predicted octanol–water partition coefficient (Wildman–Crippen LogP) is 4.63. The quantitative estimate of drug-likeness (QED) is 0.347. The normalized spacial score (nSPS) is 12.8. The van der Waals surface area contributed by atoms with E-state index in [0.717, 1.165) is 35.4 Å². The van der Waals surface area contributed by atoms with Crippen LogP contribution in [0.5, 0.6) is 0 Å². The van der Waals surface area contributed by atoms with Crippen LogP contribution >= 0.6 is 23.1 Å². The predicted molar refractivity (Wildman–Crippen MR) is 128 cm³/mol. The van der Waals surface area contributed by atoms with Crippen molar-refractivity contribution in [1.29, 1.82) is 0 Å². The van der Waals surface area contributed by atoms with Crippen molar-refractivity contribution >= 4 is 54.4 Å². The van der Waals surface area contributed by atoms with Crippen LogP contribution in [0.3, 0.4) is 0 Å². The van der Waals surface area contributed by atoms with Crippen molar-refractivity contribution in [3.8, 4) is 0 Å². The van der Waals surface area contributed by atoms with Gasteiger partial charge in [-0.05, 0) is 67.8 Å². The molecule has 158 valence electrons. The Bertz CT molecular complexity index is 1030. The van der Waals surface area contributed by atoms with Crippen LogP contribution in [0.4, 0.5) is 10.8 Å². The van der Waals surface area contributed by atoms with Gasteiger partial charge in [0.25, 0.3) is 0 Å². The SMILES string of the molecule is Cc1cccc2sc(NCCc3ccc(N=C(N)SC(=O)CCC(C)O)cc3)nc12. The van der Waals surface area contributed by atoms with Crippen LogP contribution in [0.2, 0.25) is 0 Å². The number of nitrogens with two attached hydrogens (primary N) is 1. The second-order valence-corrected chi connectivity index (χ2v) is 9.20. The molecule has 1 aromatic heterocycles. The topological polar surface area (TPSA) is 101 Å².